The van der Waals surface area contributed by atoms with Crippen molar-refractivity contribution in [2.45, 2.75) is 69.5 Å². The van der Waals surface area contributed by atoms with Gasteiger partial charge in [0.1, 0.15) is 12.4 Å². The van der Waals surface area contributed by atoms with E-state index in [1.54, 1.807) is 0 Å². The summed E-state index contributed by atoms with van der Waals surface area (Å²) >= 11 is 6.00. The highest BCUT2D eigenvalue weighted by atomic mass is 35.5. The number of alkyl halides is 1. The first-order valence-electron chi connectivity index (χ1n) is 8.17. The third kappa shape index (κ3) is 3.37. The van der Waals surface area contributed by atoms with E-state index >= 15 is 0 Å². The van der Waals surface area contributed by atoms with Crippen molar-refractivity contribution in [2.75, 3.05) is 6.61 Å². The molecule has 0 radical (unpaired) electrons. The van der Waals surface area contributed by atoms with Crippen LogP contribution >= 0.6 is 11.6 Å². The van der Waals surface area contributed by atoms with Crippen LogP contribution in [-0.2, 0) is 10.6 Å². The first-order chi connectivity index (χ1) is 10.2. The van der Waals surface area contributed by atoms with E-state index in [-0.39, 0.29) is 11.7 Å². The molecule has 1 unspecified atom stereocenters. The molecule has 1 saturated heterocycles. The van der Waals surface area contributed by atoms with Crippen molar-refractivity contribution in [1.29, 1.82) is 0 Å². The molecule has 3 heteroatoms. The zero-order chi connectivity index (χ0) is 14.7. The van der Waals surface area contributed by atoms with Crippen LogP contribution in [0, 0.1) is 6.92 Å². The first kappa shape index (κ1) is 15.2. The van der Waals surface area contributed by atoms with Gasteiger partial charge in [0.2, 0.25) is 0 Å². The molecule has 0 bridgehead atoms. The number of halogens is 1. The molecule has 1 atom stereocenters. The highest BCUT2D eigenvalue weighted by Crippen LogP contribution is 2.42. The predicted octanol–water partition coefficient (Wildman–Crippen LogP) is 4.99. The summed E-state index contributed by atoms with van der Waals surface area (Å²) in [7, 11) is 0. The molecule has 2 aliphatic rings. The Kier molecular flexibility index (Phi) is 4.75. The van der Waals surface area contributed by atoms with Crippen LogP contribution < -0.4 is 4.74 Å². The van der Waals surface area contributed by atoms with Crippen LogP contribution in [0.4, 0.5) is 0 Å². The Morgan fingerprint density at radius 3 is 2.81 bits per heavy atom. The Hall–Kier alpha value is -0.730. The third-order valence-corrected chi connectivity index (χ3v) is 5.24. The van der Waals surface area contributed by atoms with E-state index in [9.17, 15) is 0 Å². The lowest BCUT2D eigenvalue weighted by Gasteiger charge is -2.33. The van der Waals surface area contributed by atoms with Gasteiger partial charge < -0.3 is 9.47 Å². The van der Waals surface area contributed by atoms with Gasteiger partial charge in [-0.25, -0.2) is 0 Å². The van der Waals surface area contributed by atoms with E-state index in [0.29, 0.717) is 12.5 Å². The Bertz CT molecular complexity index is 480. The van der Waals surface area contributed by atoms with Crippen LogP contribution in [0.25, 0.3) is 0 Å². The maximum atomic E-state index is 6.37. The second-order valence-corrected chi connectivity index (χ2v) is 6.80. The van der Waals surface area contributed by atoms with E-state index in [4.69, 9.17) is 21.1 Å². The lowest BCUT2D eigenvalue weighted by Crippen LogP contribution is -2.33. The molecule has 3 rings (SSSR count). The van der Waals surface area contributed by atoms with Crippen LogP contribution in [0.3, 0.4) is 0 Å². The maximum Gasteiger partial charge on any atom is 0.126 e. The van der Waals surface area contributed by atoms with Gasteiger partial charge in [0.25, 0.3) is 0 Å². The number of rotatable bonds is 4. The molecule has 1 aromatic carbocycles. The number of para-hydroxylation sites is 1. The van der Waals surface area contributed by atoms with Crippen LogP contribution in [0.15, 0.2) is 18.2 Å². The Morgan fingerprint density at radius 2 is 2.05 bits per heavy atom. The standard InChI is InChI=1S/C18H25ClO2/c1-14-6-5-7-15(12-19)17(14)20-13-16-8-11-18(21-16)9-3-2-4-10-18/h5-7,16H,2-4,8-13H2,1H3. The lowest BCUT2D eigenvalue weighted by molar-refractivity contribution is -0.0749. The summed E-state index contributed by atoms with van der Waals surface area (Å²) in [5.74, 6) is 1.44. The molecular weight excluding hydrogens is 284 g/mol. The monoisotopic (exact) mass is 308 g/mol. The van der Waals surface area contributed by atoms with Gasteiger partial charge >= 0.3 is 0 Å². The van der Waals surface area contributed by atoms with Gasteiger partial charge in [0, 0.05) is 5.56 Å². The van der Waals surface area contributed by atoms with Gasteiger partial charge in [-0.15, -0.1) is 11.6 Å². The largest absolute Gasteiger partial charge is 0.490 e. The molecular formula is C18H25ClO2. The number of aryl methyl sites for hydroxylation is 1. The van der Waals surface area contributed by atoms with E-state index in [1.165, 1.54) is 38.5 Å². The Morgan fingerprint density at radius 1 is 1.24 bits per heavy atom. The van der Waals surface area contributed by atoms with Gasteiger partial charge in [-0.05, 0) is 38.2 Å². The highest BCUT2D eigenvalue weighted by Gasteiger charge is 2.40. The fourth-order valence-corrected chi connectivity index (χ4v) is 3.99. The minimum Gasteiger partial charge on any atom is -0.490 e. The molecule has 1 aromatic rings. The fourth-order valence-electron chi connectivity index (χ4n) is 3.78. The van der Waals surface area contributed by atoms with Crippen LogP contribution in [0.1, 0.15) is 56.1 Å². The summed E-state index contributed by atoms with van der Waals surface area (Å²) in [6.45, 7) is 2.72. The minimum absolute atomic E-state index is 0.174. The van der Waals surface area contributed by atoms with Gasteiger partial charge in [-0.3, -0.25) is 0 Å². The van der Waals surface area contributed by atoms with Crippen LogP contribution in [-0.4, -0.2) is 18.3 Å². The third-order valence-electron chi connectivity index (χ3n) is 4.95. The molecule has 1 saturated carbocycles. The van der Waals surface area contributed by atoms with Crippen molar-refractivity contribution in [3.63, 3.8) is 0 Å². The lowest BCUT2D eigenvalue weighted by atomic mass is 9.83. The Balaban J connectivity index is 1.59. The second kappa shape index (κ2) is 6.58. The van der Waals surface area contributed by atoms with Crippen molar-refractivity contribution >= 4 is 11.6 Å². The molecule has 1 spiro atoms. The predicted molar refractivity (Wildman–Crippen MR) is 86.2 cm³/mol. The summed E-state index contributed by atoms with van der Waals surface area (Å²) < 4.78 is 12.4. The van der Waals surface area contributed by atoms with E-state index in [0.717, 1.165) is 23.3 Å². The van der Waals surface area contributed by atoms with Gasteiger partial charge in [0.05, 0.1) is 17.6 Å². The summed E-state index contributed by atoms with van der Waals surface area (Å²) in [5, 5.41) is 0. The Labute approximate surface area is 132 Å². The van der Waals surface area contributed by atoms with Crippen LogP contribution in [0.5, 0.6) is 5.75 Å². The van der Waals surface area contributed by atoms with Crippen molar-refractivity contribution in [2.24, 2.45) is 0 Å². The number of hydrogen-bond acceptors (Lipinski definition) is 2. The van der Waals surface area contributed by atoms with E-state index in [2.05, 4.69) is 13.0 Å². The van der Waals surface area contributed by atoms with Gasteiger partial charge in [-0.1, -0.05) is 37.5 Å². The second-order valence-electron chi connectivity index (χ2n) is 6.53. The summed E-state index contributed by atoms with van der Waals surface area (Å²) in [4.78, 5) is 0. The molecule has 0 N–H and O–H groups in total. The maximum absolute atomic E-state index is 6.37. The summed E-state index contributed by atoms with van der Waals surface area (Å²) in [6, 6.07) is 6.14. The first-order valence-corrected chi connectivity index (χ1v) is 8.71. The normalized spacial score (nSPS) is 24.4. The molecule has 116 valence electrons. The van der Waals surface area contributed by atoms with Gasteiger partial charge in [-0.2, -0.15) is 0 Å². The molecule has 0 amide bonds. The average molecular weight is 309 g/mol. The number of hydrogen-bond donors (Lipinski definition) is 0. The molecule has 2 fully saturated rings. The van der Waals surface area contributed by atoms with E-state index in [1.807, 2.05) is 12.1 Å². The molecule has 2 nitrogen and oxygen atoms in total. The SMILES string of the molecule is Cc1cccc(CCl)c1OCC1CCC2(CCCCC2)O1. The zero-order valence-electron chi connectivity index (χ0n) is 12.9. The van der Waals surface area contributed by atoms with Crippen molar-refractivity contribution in [3.05, 3.63) is 29.3 Å². The highest BCUT2D eigenvalue weighted by molar-refractivity contribution is 6.17. The van der Waals surface area contributed by atoms with Crippen molar-refractivity contribution < 1.29 is 9.47 Å². The molecule has 1 heterocycles. The average Bonchev–Trinajstić information content (AvgIpc) is 2.89. The summed E-state index contributed by atoms with van der Waals surface area (Å²) in [5.41, 5.74) is 2.40. The topological polar surface area (TPSA) is 18.5 Å². The molecule has 0 aromatic heterocycles. The smallest absolute Gasteiger partial charge is 0.126 e. The van der Waals surface area contributed by atoms with Crippen LogP contribution in [0.2, 0.25) is 0 Å². The summed E-state index contributed by atoms with van der Waals surface area (Å²) in [6.07, 6.45) is 9.06. The number of ether oxygens (including phenoxy) is 2. The van der Waals surface area contributed by atoms with E-state index < -0.39 is 0 Å². The molecule has 21 heavy (non-hydrogen) atoms. The molecule has 1 aliphatic heterocycles. The van der Waals surface area contributed by atoms with Crippen molar-refractivity contribution in [3.8, 4) is 5.75 Å². The minimum atomic E-state index is 0.174. The number of benzene rings is 1. The molecule has 1 aliphatic carbocycles. The van der Waals surface area contributed by atoms with Gasteiger partial charge in [0.15, 0.2) is 0 Å². The zero-order valence-corrected chi connectivity index (χ0v) is 13.6. The van der Waals surface area contributed by atoms with Crippen molar-refractivity contribution in [1.82, 2.24) is 0 Å². The fraction of sp³-hybridized carbons (Fsp3) is 0.667. The quantitative estimate of drug-likeness (QED) is 0.729.